The summed E-state index contributed by atoms with van der Waals surface area (Å²) in [4.78, 5) is 0. The van der Waals surface area contributed by atoms with Crippen LogP contribution in [0.2, 0.25) is 0 Å². The molecule has 2 nitrogen and oxygen atoms in total. The van der Waals surface area contributed by atoms with E-state index in [1.54, 1.807) is 0 Å². The van der Waals surface area contributed by atoms with Crippen LogP contribution >= 0.6 is 0 Å². The molecule has 0 saturated carbocycles. The molecule has 0 aliphatic heterocycles. The Morgan fingerprint density at radius 3 is 1.76 bits per heavy atom. The zero-order valence-electron chi connectivity index (χ0n) is 13.3. The highest BCUT2D eigenvalue weighted by Gasteiger charge is 2.11. The van der Waals surface area contributed by atoms with Crippen molar-refractivity contribution >= 4 is 0 Å². The van der Waals surface area contributed by atoms with E-state index >= 15 is 0 Å². The van der Waals surface area contributed by atoms with Crippen LogP contribution in [-0.2, 0) is 0 Å². The first-order valence-corrected chi connectivity index (χ1v) is 7.64. The molecular formula is C19H25NO. The van der Waals surface area contributed by atoms with Crippen molar-refractivity contribution < 1.29 is 4.74 Å². The Kier molecular flexibility index (Phi) is 5.40. The zero-order valence-corrected chi connectivity index (χ0v) is 13.3. The second kappa shape index (κ2) is 7.28. The minimum absolute atomic E-state index is 0.213. The predicted octanol–water partition coefficient (Wildman–Crippen LogP) is 4.89. The standard InChI is InChI=1S/C19H25NO/c1-14(2)21-19-12-10-18(11-13-19)16(4)20-15(3)17-8-6-5-7-9-17/h5-16,20H,1-4H3/t15-,16?/m1/s1. The maximum Gasteiger partial charge on any atom is 0.119 e. The largest absolute Gasteiger partial charge is 0.491 e. The highest BCUT2D eigenvalue weighted by molar-refractivity contribution is 5.29. The van der Waals surface area contributed by atoms with Gasteiger partial charge in [-0.2, -0.15) is 0 Å². The van der Waals surface area contributed by atoms with Gasteiger partial charge in [0.1, 0.15) is 5.75 Å². The molecule has 2 atom stereocenters. The molecule has 0 amide bonds. The van der Waals surface area contributed by atoms with Crippen LogP contribution in [0.4, 0.5) is 0 Å². The van der Waals surface area contributed by atoms with E-state index in [2.05, 4.69) is 55.6 Å². The van der Waals surface area contributed by atoms with Crippen molar-refractivity contribution in [3.8, 4) is 5.75 Å². The van der Waals surface area contributed by atoms with Crippen molar-refractivity contribution in [2.45, 2.75) is 45.9 Å². The Labute approximate surface area is 128 Å². The average molecular weight is 283 g/mol. The fourth-order valence-corrected chi connectivity index (χ4v) is 2.42. The Hall–Kier alpha value is -1.80. The molecule has 1 N–H and O–H groups in total. The van der Waals surface area contributed by atoms with Crippen LogP contribution in [0.3, 0.4) is 0 Å². The quantitative estimate of drug-likeness (QED) is 0.815. The average Bonchev–Trinajstić information content (AvgIpc) is 2.48. The third kappa shape index (κ3) is 4.61. The van der Waals surface area contributed by atoms with Gasteiger partial charge >= 0.3 is 0 Å². The van der Waals surface area contributed by atoms with Crippen LogP contribution in [-0.4, -0.2) is 6.10 Å². The molecule has 0 radical (unpaired) electrons. The van der Waals surface area contributed by atoms with Crippen molar-refractivity contribution in [3.05, 3.63) is 65.7 Å². The van der Waals surface area contributed by atoms with E-state index in [0.29, 0.717) is 12.1 Å². The SMILES string of the molecule is CC(C)Oc1ccc(C(C)N[C@H](C)c2ccccc2)cc1. The summed E-state index contributed by atoms with van der Waals surface area (Å²) in [6, 6.07) is 19.5. The highest BCUT2D eigenvalue weighted by Crippen LogP contribution is 2.21. The number of hydrogen-bond donors (Lipinski definition) is 1. The van der Waals surface area contributed by atoms with Gasteiger partial charge in [0.15, 0.2) is 0 Å². The summed E-state index contributed by atoms with van der Waals surface area (Å²) in [5.74, 6) is 0.928. The lowest BCUT2D eigenvalue weighted by Gasteiger charge is -2.21. The van der Waals surface area contributed by atoms with Crippen LogP contribution in [0.5, 0.6) is 5.75 Å². The molecule has 0 aliphatic carbocycles. The van der Waals surface area contributed by atoms with E-state index in [1.165, 1.54) is 11.1 Å². The van der Waals surface area contributed by atoms with Crippen LogP contribution in [0.1, 0.15) is 50.9 Å². The molecule has 2 aromatic rings. The predicted molar refractivity (Wildman–Crippen MR) is 88.6 cm³/mol. The molecular weight excluding hydrogens is 258 g/mol. The van der Waals surface area contributed by atoms with Gasteiger partial charge in [-0.3, -0.25) is 0 Å². The summed E-state index contributed by atoms with van der Waals surface area (Å²) in [5.41, 5.74) is 2.58. The first kappa shape index (κ1) is 15.6. The number of ether oxygens (including phenoxy) is 1. The van der Waals surface area contributed by atoms with Crippen LogP contribution in [0, 0.1) is 0 Å². The molecule has 2 heteroatoms. The topological polar surface area (TPSA) is 21.3 Å². The van der Waals surface area contributed by atoms with E-state index in [-0.39, 0.29) is 6.10 Å². The maximum atomic E-state index is 5.68. The fourth-order valence-electron chi connectivity index (χ4n) is 2.42. The molecule has 0 aromatic heterocycles. The minimum Gasteiger partial charge on any atom is -0.491 e. The second-order valence-electron chi connectivity index (χ2n) is 5.76. The second-order valence-corrected chi connectivity index (χ2v) is 5.76. The van der Waals surface area contributed by atoms with Gasteiger partial charge in [0, 0.05) is 12.1 Å². The summed E-state index contributed by atoms with van der Waals surface area (Å²) in [5, 5.41) is 3.63. The Bertz CT molecular complexity index is 533. The van der Waals surface area contributed by atoms with E-state index in [0.717, 1.165) is 5.75 Å². The number of nitrogens with one attached hydrogen (secondary N) is 1. The highest BCUT2D eigenvalue weighted by atomic mass is 16.5. The molecule has 0 bridgehead atoms. The first-order valence-electron chi connectivity index (χ1n) is 7.64. The van der Waals surface area contributed by atoms with Crippen LogP contribution < -0.4 is 10.1 Å². The smallest absolute Gasteiger partial charge is 0.119 e. The molecule has 112 valence electrons. The van der Waals surface area contributed by atoms with Crippen LogP contribution in [0.15, 0.2) is 54.6 Å². The van der Waals surface area contributed by atoms with Crippen molar-refractivity contribution in [2.75, 3.05) is 0 Å². The van der Waals surface area contributed by atoms with Gasteiger partial charge in [-0.25, -0.2) is 0 Å². The summed E-state index contributed by atoms with van der Waals surface area (Å²) < 4.78 is 5.68. The first-order chi connectivity index (χ1) is 10.1. The van der Waals surface area contributed by atoms with E-state index < -0.39 is 0 Å². The third-order valence-electron chi connectivity index (χ3n) is 3.55. The van der Waals surface area contributed by atoms with E-state index in [4.69, 9.17) is 4.74 Å². The molecule has 2 aromatic carbocycles. The van der Waals surface area contributed by atoms with E-state index in [9.17, 15) is 0 Å². The Morgan fingerprint density at radius 1 is 0.714 bits per heavy atom. The number of benzene rings is 2. The minimum atomic E-state index is 0.213. The van der Waals surface area contributed by atoms with Gasteiger partial charge in [-0.05, 0) is 51.0 Å². The van der Waals surface area contributed by atoms with Gasteiger partial charge in [0.25, 0.3) is 0 Å². The summed E-state index contributed by atoms with van der Waals surface area (Å²) in [7, 11) is 0. The van der Waals surface area contributed by atoms with Crippen molar-refractivity contribution in [2.24, 2.45) is 0 Å². The Balaban J connectivity index is 1.98. The molecule has 2 rings (SSSR count). The van der Waals surface area contributed by atoms with Gasteiger partial charge < -0.3 is 10.1 Å². The van der Waals surface area contributed by atoms with Gasteiger partial charge in [-0.15, -0.1) is 0 Å². The van der Waals surface area contributed by atoms with Crippen molar-refractivity contribution in [1.29, 1.82) is 0 Å². The molecule has 0 saturated heterocycles. The molecule has 0 spiro atoms. The monoisotopic (exact) mass is 283 g/mol. The molecule has 0 fully saturated rings. The lowest BCUT2D eigenvalue weighted by Crippen LogP contribution is -2.22. The fraction of sp³-hybridized carbons (Fsp3) is 0.368. The number of rotatable bonds is 6. The summed E-state index contributed by atoms with van der Waals surface area (Å²) in [6.45, 7) is 8.47. The summed E-state index contributed by atoms with van der Waals surface area (Å²) in [6.07, 6.45) is 0.213. The molecule has 0 aliphatic rings. The normalized spacial score (nSPS) is 14.0. The van der Waals surface area contributed by atoms with Gasteiger partial charge in [-0.1, -0.05) is 42.5 Å². The Morgan fingerprint density at radius 2 is 1.24 bits per heavy atom. The van der Waals surface area contributed by atoms with Crippen molar-refractivity contribution in [3.63, 3.8) is 0 Å². The molecule has 1 unspecified atom stereocenters. The van der Waals surface area contributed by atoms with Gasteiger partial charge in [0.2, 0.25) is 0 Å². The lowest BCUT2D eigenvalue weighted by molar-refractivity contribution is 0.242. The van der Waals surface area contributed by atoms with Crippen molar-refractivity contribution in [1.82, 2.24) is 5.32 Å². The molecule has 0 heterocycles. The lowest BCUT2D eigenvalue weighted by atomic mass is 10.0. The molecule has 21 heavy (non-hydrogen) atoms. The summed E-state index contributed by atoms with van der Waals surface area (Å²) >= 11 is 0. The number of hydrogen-bond acceptors (Lipinski definition) is 2. The van der Waals surface area contributed by atoms with E-state index in [1.807, 2.05) is 32.0 Å². The maximum absolute atomic E-state index is 5.68. The van der Waals surface area contributed by atoms with Crippen LogP contribution in [0.25, 0.3) is 0 Å². The zero-order chi connectivity index (χ0) is 15.2. The van der Waals surface area contributed by atoms with Gasteiger partial charge in [0.05, 0.1) is 6.10 Å². The third-order valence-corrected chi connectivity index (χ3v) is 3.55.